The number of amides is 1. The number of carbonyl (C=O) groups excluding carboxylic acids is 1. The molecule has 1 amide bonds. The lowest BCUT2D eigenvalue weighted by molar-refractivity contribution is -0.118. The third kappa shape index (κ3) is 2.86. The number of hydrogen-bond donors (Lipinski definition) is 0. The first-order valence-electron chi connectivity index (χ1n) is 7.41. The fourth-order valence-electron chi connectivity index (χ4n) is 3.07. The van der Waals surface area contributed by atoms with Crippen LogP contribution in [0, 0.1) is 0 Å². The highest BCUT2D eigenvalue weighted by molar-refractivity contribution is 6.36. The molecule has 0 saturated carbocycles. The van der Waals surface area contributed by atoms with Crippen LogP contribution in [0.5, 0.6) is 0 Å². The predicted molar refractivity (Wildman–Crippen MR) is 91.9 cm³/mol. The zero-order valence-electron chi connectivity index (χ0n) is 12.4. The monoisotopic (exact) mass is 333 g/mol. The van der Waals surface area contributed by atoms with Gasteiger partial charge in [0, 0.05) is 28.2 Å². The molecule has 0 aromatic heterocycles. The van der Waals surface area contributed by atoms with Crippen LogP contribution in [-0.2, 0) is 17.6 Å². The Labute approximate surface area is 140 Å². The van der Waals surface area contributed by atoms with Crippen LogP contribution in [0.2, 0.25) is 10.0 Å². The second kappa shape index (κ2) is 6.31. The first-order chi connectivity index (χ1) is 10.6. The van der Waals surface area contributed by atoms with Gasteiger partial charge in [0.25, 0.3) is 0 Å². The lowest BCUT2D eigenvalue weighted by Gasteiger charge is -2.23. The molecule has 22 heavy (non-hydrogen) atoms. The molecule has 0 aliphatic carbocycles. The molecule has 4 heteroatoms. The number of carbonyl (C=O) groups is 1. The molecule has 0 fully saturated rings. The van der Waals surface area contributed by atoms with E-state index in [0.29, 0.717) is 22.9 Å². The van der Waals surface area contributed by atoms with E-state index in [9.17, 15) is 4.79 Å². The molecule has 1 atom stereocenters. The van der Waals surface area contributed by atoms with Gasteiger partial charge < -0.3 is 4.90 Å². The number of para-hydroxylation sites is 1. The summed E-state index contributed by atoms with van der Waals surface area (Å²) < 4.78 is 0. The van der Waals surface area contributed by atoms with Gasteiger partial charge in [-0.15, -0.1) is 0 Å². The van der Waals surface area contributed by atoms with Crippen molar-refractivity contribution in [2.24, 2.45) is 0 Å². The Morgan fingerprint density at radius 1 is 1.14 bits per heavy atom. The molecule has 0 bridgehead atoms. The second-order valence-electron chi connectivity index (χ2n) is 5.65. The van der Waals surface area contributed by atoms with E-state index in [1.54, 1.807) is 12.1 Å². The first kappa shape index (κ1) is 15.4. The summed E-state index contributed by atoms with van der Waals surface area (Å²) in [6.45, 7) is 2.08. The van der Waals surface area contributed by atoms with Gasteiger partial charge in [0.05, 0.1) is 0 Å². The van der Waals surface area contributed by atoms with E-state index in [4.69, 9.17) is 23.2 Å². The Bertz CT molecular complexity index is 694. The van der Waals surface area contributed by atoms with Gasteiger partial charge in [-0.3, -0.25) is 4.79 Å². The van der Waals surface area contributed by atoms with Crippen LogP contribution < -0.4 is 4.90 Å². The van der Waals surface area contributed by atoms with E-state index in [1.165, 1.54) is 5.56 Å². The van der Waals surface area contributed by atoms with Crippen molar-refractivity contribution >= 4 is 34.8 Å². The number of anilines is 1. The topological polar surface area (TPSA) is 20.3 Å². The SMILES string of the molecule is C[C@@H]1Cc2ccccc2N1C(=O)CCc1c(Cl)cccc1Cl. The summed E-state index contributed by atoms with van der Waals surface area (Å²) >= 11 is 12.3. The maximum Gasteiger partial charge on any atom is 0.227 e. The summed E-state index contributed by atoms with van der Waals surface area (Å²) in [7, 11) is 0. The van der Waals surface area contributed by atoms with Gasteiger partial charge >= 0.3 is 0 Å². The number of fused-ring (bicyclic) bond motifs is 1. The van der Waals surface area contributed by atoms with Crippen LogP contribution in [-0.4, -0.2) is 11.9 Å². The molecule has 1 heterocycles. The highest BCUT2D eigenvalue weighted by atomic mass is 35.5. The molecular weight excluding hydrogens is 317 g/mol. The van der Waals surface area contributed by atoms with Gasteiger partial charge in [0.15, 0.2) is 0 Å². The fourth-order valence-corrected chi connectivity index (χ4v) is 3.66. The van der Waals surface area contributed by atoms with E-state index in [0.717, 1.165) is 17.7 Å². The van der Waals surface area contributed by atoms with Gasteiger partial charge in [0.1, 0.15) is 0 Å². The molecule has 0 spiro atoms. The Morgan fingerprint density at radius 2 is 1.82 bits per heavy atom. The van der Waals surface area contributed by atoms with Crippen molar-refractivity contribution in [3.8, 4) is 0 Å². The molecule has 0 N–H and O–H groups in total. The first-order valence-corrected chi connectivity index (χ1v) is 8.16. The highest BCUT2D eigenvalue weighted by Gasteiger charge is 2.30. The average Bonchev–Trinajstić information content (AvgIpc) is 2.82. The van der Waals surface area contributed by atoms with Gasteiger partial charge in [-0.05, 0) is 49.1 Å². The summed E-state index contributed by atoms with van der Waals surface area (Å²) in [6.07, 6.45) is 1.87. The maximum absolute atomic E-state index is 12.7. The van der Waals surface area contributed by atoms with Crippen LogP contribution in [0.15, 0.2) is 42.5 Å². The molecule has 114 valence electrons. The Kier molecular flexibility index (Phi) is 4.42. The van der Waals surface area contributed by atoms with Crippen molar-refractivity contribution in [2.75, 3.05) is 4.90 Å². The largest absolute Gasteiger partial charge is 0.309 e. The number of halogens is 2. The van der Waals surface area contributed by atoms with E-state index < -0.39 is 0 Å². The van der Waals surface area contributed by atoms with E-state index in [2.05, 4.69) is 13.0 Å². The van der Waals surface area contributed by atoms with Gasteiger partial charge in [0.2, 0.25) is 5.91 Å². The Hall–Kier alpha value is -1.51. The number of benzene rings is 2. The number of hydrogen-bond acceptors (Lipinski definition) is 1. The third-order valence-electron chi connectivity index (χ3n) is 4.13. The third-order valence-corrected chi connectivity index (χ3v) is 4.83. The van der Waals surface area contributed by atoms with Crippen molar-refractivity contribution in [1.29, 1.82) is 0 Å². The van der Waals surface area contributed by atoms with E-state index in [-0.39, 0.29) is 11.9 Å². The fraction of sp³-hybridized carbons (Fsp3) is 0.278. The van der Waals surface area contributed by atoms with Gasteiger partial charge in [-0.25, -0.2) is 0 Å². The van der Waals surface area contributed by atoms with Crippen molar-refractivity contribution in [3.05, 3.63) is 63.6 Å². The van der Waals surface area contributed by atoms with Gasteiger partial charge in [-0.1, -0.05) is 47.5 Å². The average molecular weight is 334 g/mol. The summed E-state index contributed by atoms with van der Waals surface area (Å²) in [5.74, 6) is 0.119. The smallest absolute Gasteiger partial charge is 0.227 e. The van der Waals surface area contributed by atoms with Crippen LogP contribution in [0.4, 0.5) is 5.69 Å². The molecule has 2 nitrogen and oxygen atoms in total. The molecule has 3 rings (SSSR count). The van der Waals surface area contributed by atoms with E-state index >= 15 is 0 Å². The highest BCUT2D eigenvalue weighted by Crippen LogP contribution is 2.33. The van der Waals surface area contributed by atoms with Crippen molar-refractivity contribution in [3.63, 3.8) is 0 Å². The van der Waals surface area contributed by atoms with Crippen molar-refractivity contribution < 1.29 is 4.79 Å². The Balaban J connectivity index is 1.76. The Morgan fingerprint density at radius 3 is 2.55 bits per heavy atom. The zero-order valence-corrected chi connectivity index (χ0v) is 13.9. The van der Waals surface area contributed by atoms with Crippen molar-refractivity contribution in [2.45, 2.75) is 32.2 Å². The van der Waals surface area contributed by atoms with E-state index in [1.807, 2.05) is 29.2 Å². The zero-order chi connectivity index (χ0) is 15.7. The minimum atomic E-state index is 0.119. The summed E-state index contributed by atoms with van der Waals surface area (Å²) in [4.78, 5) is 14.6. The normalized spacial score (nSPS) is 16.7. The predicted octanol–water partition coefficient (Wildman–Crippen LogP) is 4.90. The molecule has 1 aliphatic heterocycles. The molecule has 0 saturated heterocycles. The van der Waals surface area contributed by atoms with Crippen LogP contribution >= 0.6 is 23.2 Å². The molecule has 0 unspecified atom stereocenters. The molecule has 1 aliphatic rings. The molecule has 0 radical (unpaired) electrons. The summed E-state index contributed by atoms with van der Waals surface area (Å²) in [5, 5.41) is 1.24. The number of nitrogens with zero attached hydrogens (tertiary/aromatic N) is 1. The lowest BCUT2D eigenvalue weighted by Crippen LogP contribution is -2.35. The molecular formula is C18H17Cl2NO. The van der Waals surface area contributed by atoms with Crippen LogP contribution in [0.3, 0.4) is 0 Å². The standard InChI is InChI=1S/C18H17Cl2NO/c1-12-11-13-5-2-3-8-17(13)21(12)18(22)10-9-14-15(19)6-4-7-16(14)20/h2-8,12H,9-11H2,1H3/t12-/m1/s1. The molecule has 2 aromatic rings. The minimum Gasteiger partial charge on any atom is -0.309 e. The number of rotatable bonds is 3. The maximum atomic E-state index is 12.7. The summed E-state index contributed by atoms with van der Waals surface area (Å²) in [6, 6.07) is 13.7. The summed E-state index contributed by atoms with van der Waals surface area (Å²) in [5.41, 5.74) is 3.11. The minimum absolute atomic E-state index is 0.119. The van der Waals surface area contributed by atoms with Crippen molar-refractivity contribution in [1.82, 2.24) is 0 Å². The second-order valence-corrected chi connectivity index (χ2v) is 6.46. The quantitative estimate of drug-likeness (QED) is 0.781. The lowest BCUT2D eigenvalue weighted by atomic mass is 10.1. The molecule has 2 aromatic carbocycles. The van der Waals surface area contributed by atoms with Crippen LogP contribution in [0.25, 0.3) is 0 Å². The van der Waals surface area contributed by atoms with Gasteiger partial charge in [-0.2, -0.15) is 0 Å². The van der Waals surface area contributed by atoms with Crippen LogP contribution in [0.1, 0.15) is 24.5 Å².